The van der Waals surface area contributed by atoms with Gasteiger partial charge in [0, 0.05) is 17.1 Å². The molecule has 3 rings (SSSR count). The summed E-state index contributed by atoms with van der Waals surface area (Å²) in [6.07, 6.45) is 14.6. The van der Waals surface area contributed by atoms with E-state index in [0.29, 0.717) is 18.5 Å². The van der Waals surface area contributed by atoms with Crippen LogP contribution in [-0.2, 0) is 9.59 Å². The molecular weight excluding hydrogens is 661 g/mol. The summed E-state index contributed by atoms with van der Waals surface area (Å²) < 4.78 is 42.0. The number of rotatable bonds is 25. The number of anilines is 3. The Labute approximate surface area is 310 Å². The molecule has 0 aliphatic carbocycles. The molecule has 0 aliphatic rings. The van der Waals surface area contributed by atoms with Crippen molar-refractivity contribution in [1.29, 1.82) is 0 Å². The van der Waals surface area contributed by atoms with Gasteiger partial charge < -0.3 is 15.3 Å². The molecule has 286 valence electrons. The highest BCUT2D eigenvalue weighted by Crippen LogP contribution is 2.36. The highest BCUT2D eigenvalue weighted by molar-refractivity contribution is 6.02. The lowest BCUT2D eigenvalue weighted by molar-refractivity contribution is -0.165. The molecule has 0 aromatic heterocycles. The van der Waals surface area contributed by atoms with E-state index < -0.39 is 30.0 Å². The average Bonchev–Trinajstić information content (AvgIpc) is 3.11. The molecule has 5 nitrogen and oxygen atoms in total. The number of aliphatic carboxylic acids is 1. The van der Waals surface area contributed by atoms with Gasteiger partial charge in [0.1, 0.15) is 6.04 Å². The summed E-state index contributed by atoms with van der Waals surface area (Å²) in [7, 11) is 0. The van der Waals surface area contributed by atoms with Crippen LogP contribution in [0.5, 0.6) is 0 Å². The number of nitrogens with one attached hydrogen (secondary N) is 1. The second kappa shape index (κ2) is 23.0. The number of hydrogen-bond acceptors (Lipinski definition) is 3. The van der Waals surface area contributed by atoms with E-state index in [4.69, 9.17) is 0 Å². The van der Waals surface area contributed by atoms with E-state index >= 15 is 0 Å². The number of carboxylic acids is 1. The van der Waals surface area contributed by atoms with Crippen LogP contribution in [-0.4, -0.2) is 29.2 Å². The molecule has 52 heavy (non-hydrogen) atoms. The summed E-state index contributed by atoms with van der Waals surface area (Å²) >= 11 is 0. The quantitative estimate of drug-likeness (QED) is 0.0675. The number of alkyl halides is 3. The first-order chi connectivity index (χ1) is 25.0. The minimum atomic E-state index is -4.68. The molecule has 0 heterocycles. The minimum Gasteiger partial charge on any atom is -0.480 e. The van der Waals surface area contributed by atoms with Crippen molar-refractivity contribution < 1.29 is 27.9 Å². The predicted octanol–water partition coefficient (Wildman–Crippen LogP) is 13.0. The van der Waals surface area contributed by atoms with Crippen LogP contribution in [0, 0.1) is 13.8 Å². The van der Waals surface area contributed by atoms with E-state index in [-0.39, 0.29) is 12.0 Å². The number of aryl methyl sites for hydroxylation is 2. The number of carbonyl (C=O) groups is 2. The second-order valence-corrected chi connectivity index (χ2v) is 14.4. The highest BCUT2D eigenvalue weighted by Gasteiger charge is 2.42. The molecule has 2 unspecified atom stereocenters. The van der Waals surface area contributed by atoms with Crippen LogP contribution in [0.1, 0.15) is 145 Å². The van der Waals surface area contributed by atoms with Gasteiger partial charge in [-0.2, -0.15) is 13.2 Å². The molecule has 0 saturated heterocycles. The van der Waals surface area contributed by atoms with E-state index in [9.17, 15) is 27.9 Å². The van der Waals surface area contributed by atoms with Crippen molar-refractivity contribution in [2.24, 2.45) is 0 Å². The van der Waals surface area contributed by atoms with Crippen molar-refractivity contribution >= 4 is 28.9 Å². The zero-order valence-corrected chi connectivity index (χ0v) is 31.7. The van der Waals surface area contributed by atoms with E-state index in [1.807, 2.05) is 72.6 Å². The van der Waals surface area contributed by atoms with Crippen LogP contribution >= 0.6 is 0 Å². The van der Waals surface area contributed by atoms with E-state index in [1.165, 1.54) is 82.8 Å². The lowest BCUT2D eigenvalue weighted by Crippen LogP contribution is -2.48. The number of carboxylic acid groups (broad SMARTS) is 1. The van der Waals surface area contributed by atoms with Crippen LogP contribution in [0.4, 0.5) is 30.2 Å². The van der Waals surface area contributed by atoms with Gasteiger partial charge in [0.15, 0.2) is 5.92 Å². The number of amides is 1. The van der Waals surface area contributed by atoms with Gasteiger partial charge in [-0.1, -0.05) is 164 Å². The smallest absolute Gasteiger partial charge is 0.408 e. The largest absolute Gasteiger partial charge is 0.480 e. The van der Waals surface area contributed by atoms with Gasteiger partial charge >= 0.3 is 12.1 Å². The molecule has 0 radical (unpaired) electrons. The Morgan fingerprint density at radius 1 is 0.596 bits per heavy atom. The van der Waals surface area contributed by atoms with Gasteiger partial charge in [0.05, 0.1) is 0 Å². The summed E-state index contributed by atoms with van der Waals surface area (Å²) in [5, 5.41) is 12.0. The van der Waals surface area contributed by atoms with Crippen LogP contribution < -0.4 is 10.2 Å². The first-order valence-electron chi connectivity index (χ1n) is 19.6. The van der Waals surface area contributed by atoms with Crippen molar-refractivity contribution in [1.82, 2.24) is 5.32 Å². The third-order valence-corrected chi connectivity index (χ3v) is 9.89. The molecule has 2 atom stereocenters. The van der Waals surface area contributed by atoms with Gasteiger partial charge in [-0.15, -0.1) is 0 Å². The SMILES string of the molecule is CCCCCCCCCCCCCCCCCCCC(NC(=O)C(C(=O)O)c1ccc(N(c2ccc(C)cc2)c2ccc(C)cc2)cc1)C(F)(F)F. The number of halogens is 3. The number of nitrogens with zero attached hydrogens (tertiary/aromatic N) is 1. The minimum absolute atomic E-state index is 0.111. The molecule has 0 spiro atoms. The van der Waals surface area contributed by atoms with Gasteiger partial charge in [-0.25, -0.2) is 0 Å². The van der Waals surface area contributed by atoms with Crippen molar-refractivity contribution in [3.05, 3.63) is 89.5 Å². The number of unbranched alkanes of at least 4 members (excludes halogenated alkanes) is 16. The number of benzene rings is 3. The maximum atomic E-state index is 14.0. The molecule has 0 bridgehead atoms. The summed E-state index contributed by atoms with van der Waals surface area (Å²) in [4.78, 5) is 27.4. The van der Waals surface area contributed by atoms with Crippen molar-refractivity contribution in [3.8, 4) is 0 Å². The van der Waals surface area contributed by atoms with Crippen LogP contribution in [0.25, 0.3) is 0 Å². The van der Waals surface area contributed by atoms with E-state index in [2.05, 4.69) is 6.92 Å². The molecule has 0 aliphatic heterocycles. The van der Waals surface area contributed by atoms with E-state index in [1.54, 1.807) is 12.1 Å². The Morgan fingerprint density at radius 3 is 1.29 bits per heavy atom. The maximum Gasteiger partial charge on any atom is 0.408 e. The molecule has 3 aromatic rings. The second-order valence-electron chi connectivity index (χ2n) is 14.4. The van der Waals surface area contributed by atoms with Crippen molar-refractivity contribution in [2.75, 3.05) is 4.90 Å². The first kappa shape index (κ1) is 42.6. The van der Waals surface area contributed by atoms with Gasteiger partial charge in [-0.3, -0.25) is 9.59 Å². The van der Waals surface area contributed by atoms with Gasteiger partial charge in [-0.05, 0) is 62.2 Å². The van der Waals surface area contributed by atoms with Crippen LogP contribution in [0.2, 0.25) is 0 Å². The molecule has 3 aromatic carbocycles. The third kappa shape index (κ3) is 15.0. The Kier molecular flexibility index (Phi) is 18.8. The lowest BCUT2D eigenvalue weighted by atomic mass is 9.96. The van der Waals surface area contributed by atoms with Gasteiger partial charge in [0.2, 0.25) is 5.91 Å². The fraction of sp³-hybridized carbons (Fsp3) is 0.545. The highest BCUT2D eigenvalue weighted by atomic mass is 19.4. The number of hydrogen-bond donors (Lipinski definition) is 2. The Morgan fingerprint density at radius 2 is 0.942 bits per heavy atom. The van der Waals surface area contributed by atoms with Crippen LogP contribution in [0.3, 0.4) is 0 Å². The molecular formula is C44H61F3N2O3. The zero-order chi connectivity index (χ0) is 37.8. The summed E-state index contributed by atoms with van der Waals surface area (Å²) in [6.45, 7) is 6.24. The lowest BCUT2D eigenvalue weighted by Gasteiger charge is -2.26. The molecule has 2 N–H and O–H groups in total. The monoisotopic (exact) mass is 722 g/mol. The average molecular weight is 723 g/mol. The summed E-state index contributed by atoms with van der Waals surface area (Å²) in [5.41, 5.74) is 4.79. The van der Waals surface area contributed by atoms with Crippen LogP contribution in [0.15, 0.2) is 72.8 Å². The predicted molar refractivity (Wildman–Crippen MR) is 208 cm³/mol. The Hall–Kier alpha value is -3.81. The molecule has 0 fully saturated rings. The topological polar surface area (TPSA) is 69.6 Å². The fourth-order valence-electron chi connectivity index (χ4n) is 6.70. The van der Waals surface area contributed by atoms with Crippen molar-refractivity contribution in [3.63, 3.8) is 0 Å². The van der Waals surface area contributed by atoms with Gasteiger partial charge in [0.25, 0.3) is 0 Å². The van der Waals surface area contributed by atoms with E-state index in [0.717, 1.165) is 48.2 Å². The molecule has 8 heteroatoms. The molecule has 0 saturated carbocycles. The normalized spacial score (nSPS) is 12.7. The summed E-state index contributed by atoms with van der Waals surface area (Å²) in [6, 6.07) is 20.2. The Bertz CT molecular complexity index is 1390. The molecule has 1 amide bonds. The third-order valence-electron chi connectivity index (χ3n) is 9.89. The number of carbonyl (C=O) groups excluding carboxylic acids is 1. The van der Waals surface area contributed by atoms with Crippen molar-refractivity contribution in [2.45, 2.75) is 154 Å². The maximum absolute atomic E-state index is 14.0. The Balaban J connectivity index is 1.47. The fourth-order valence-corrected chi connectivity index (χ4v) is 6.70. The first-order valence-corrected chi connectivity index (χ1v) is 19.6. The summed E-state index contributed by atoms with van der Waals surface area (Å²) in [5.74, 6) is -4.44. The zero-order valence-electron chi connectivity index (χ0n) is 31.7. The standard InChI is InChI=1S/C44H61F3N2O3/c1-4-5-6-7-8-9-10-11-12-13-14-15-16-17-18-19-20-21-40(44(45,46)47)48-42(50)41(43(51)52)36-26-32-39(33-27-36)49(37-28-22-34(2)23-29-37)38-30-24-35(3)25-31-38/h22-33,40-41H,4-21H2,1-3H3,(H,48,50)(H,51,52).